The molecule has 1 aliphatic carbocycles. The fourth-order valence-corrected chi connectivity index (χ4v) is 2.44. The maximum absolute atomic E-state index is 9.41. The zero-order chi connectivity index (χ0) is 16.2. The molecule has 2 heterocycles. The molecule has 124 valence electrons. The van der Waals surface area contributed by atoms with Crippen molar-refractivity contribution in [1.29, 1.82) is 0 Å². The summed E-state index contributed by atoms with van der Waals surface area (Å²) in [4.78, 5) is 12.6. The summed E-state index contributed by atoms with van der Waals surface area (Å²) in [5.41, 5.74) is 6.60. The molecule has 0 radical (unpaired) electrons. The van der Waals surface area contributed by atoms with E-state index in [2.05, 4.69) is 25.4 Å². The van der Waals surface area contributed by atoms with Crippen LogP contribution >= 0.6 is 0 Å². The minimum Gasteiger partial charge on any atom is -0.393 e. The quantitative estimate of drug-likeness (QED) is 0.666. The van der Waals surface area contributed by atoms with Gasteiger partial charge in [0, 0.05) is 19.1 Å². The van der Waals surface area contributed by atoms with E-state index in [1.807, 2.05) is 6.07 Å². The third-order valence-electron chi connectivity index (χ3n) is 3.75. The standard InChI is InChI=1S/C14H20N6O3/c1-22-3-2-13-18-12(20-23-13)7-16-11-6-10(17-14(15)19-11)8-4-9(21)5-8/h6,8-9,21H,2-5,7H2,1H3,(H3,15,16,17,19). The number of nitrogens with zero attached hydrogens (tertiary/aromatic N) is 4. The van der Waals surface area contributed by atoms with Crippen LogP contribution in [0.4, 0.5) is 11.8 Å². The molecule has 1 fully saturated rings. The number of hydrogen-bond acceptors (Lipinski definition) is 9. The summed E-state index contributed by atoms with van der Waals surface area (Å²) >= 11 is 0. The predicted molar refractivity (Wildman–Crippen MR) is 81.6 cm³/mol. The van der Waals surface area contributed by atoms with Crippen molar-refractivity contribution in [2.75, 3.05) is 24.8 Å². The van der Waals surface area contributed by atoms with E-state index in [0.717, 1.165) is 5.69 Å². The van der Waals surface area contributed by atoms with E-state index in [1.54, 1.807) is 7.11 Å². The van der Waals surface area contributed by atoms with Gasteiger partial charge in [0.25, 0.3) is 0 Å². The van der Waals surface area contributed by atoms with Crippen LogP contribution in [0.25, 0.3) is 0 Å². The van der Waals surface area contributed by atoms with Gasteiger partial charge in [-0.15, -0.1) is 0 Å². The molecule has 0 amide bonds. The van der Waals surface area contributed by atoms with Crippen molar-refractivity contribution in [2.45, 2.75) is 37.8 Å². The Hall–Kier alpha value is -2.26. The fourth-order valence-electron chi connectivity index (χ4n) is 2.44. The van der Waals surface area contributed by atoms with E-state index in [0.29, 0.717) is 49.9 Å². The topological polar surface area (TPSA) is 132 Å². The molecule has 9 nitrogen and oxygen atoms in total. The first-order valence-corrected chi connectivity index (χ1v) is 7.51. The van der Waals surface area contributed by atoms with E-state index in [4.69, 9.17) is 15.0 Å². The molecule has 2 aromatic rings. The number of anilines is 2. The molecule has 0 aromatic carbocycles. The van der Waals surface area contributed by atoms with Gasteiger partial charge >= 0.3 is 0 Å². The number of nitrogen functional groups attached to an aromatic ring is 1. The summed E-state index contributed by atoms with van der Waals surface area (Å²) in [6.07, 6.45) is 1.77. The molecule has 0 bridgehead atoms. The van der Waals surface area contributed by atoms with Gasteiger partial charge in [0.05, 0.1) is 31.4 Å². The largest absolute Gasteiger partial charge is 0.393 e. The summed E-state index contributed by atoms with van der Waals surface area (Å²) in [7, 11) is 1.62. The molecule has 0 aliphatic heterocycles. The molecular weight excluding hydrogens is 300 g/mol. The molecule has 0 spiro atoms. The minimum absolute atomic E-state index is 0.209. The van der Waals surface area contributed by atoms with Crippen molar-refractivity contribution < 1.29 is 14.4 Å². The Balaban J connectivity index is 1.60. The normalized spacial score (nSPS) is 20.3. The second kappa shape index (κ2) is 6.88. The van der Waals surface area contributed by atoms with Gasteiger partial charge in [0.1, 0.15) is 5.82 Å². The number of aliphatic hydroxyl groups is 1. The Bertz CT molecular complexity index is 656. The smallest absolute Gasteiger partial charge is 0.229 e. The predicted octanol–water partition coefficient (Wildman–Crippen LogP) is 0.481. The number of nitrogens with one attached hydrogen (secondary N) is 1. The van der Waals surface area contributed by atoms with E-state index < -0.39 is 0 Å². The average Bonchev–Trinajstić information content (AvgIpc) is 2.95. The summed E-state index contributed by atoms with van der Waals surface area (Å²) < 4.78 is 10.1. The highest BCUT2D eigenvalue weighted by molar-refractivity contribution is 5.42. The zero-order valence-electron chi connectivity index (χ0n) is 12.9. The number of rotatable bonds is 7. The zero-order valence-corrected chi connectivity index (χ0v) is 12.9. The second-order valence-electron chi connectivity index (χ2n) is 5.56. The molecule has 1 saturated carbocycles. The van der Waals surface area contributed by atoms with Gasteiger partial charge in [-0.1, -0.05) is 5.16 Å². The summed E-state index contributed by atoms with van der Waals surface area (Å²) in [6, 6.07) is 1.85. The van der Waals surface area contributed by atoms with E-state index in [-0.39, 0.29) is 18.0 Å². The highest BCUT2D eigenvalue weighted by Crippen LogP contribution is 2.36. The van der Waals surface area contributed by atoms with Crippen molar-refractivity contribution in [3.63, 3.8) is 0 Å². The molecule has 1 aliphatic rings. The molecule has 0 unspecified atom stereocenters. The van der Waals surface area contributed by atoms with Crippen molar-refractivity contribution in [3.8, 4) is 0 Å². The number of nitrogens with two attached hydrogens (primary N) is 1. The Morgan fingerprint density at radius 3 is 2.96 bits per heavy atom. The van der Waals surface area contributed by atoms with E-state index >= 15 is 0 Å². The van der Waals surface area contributed by atoms with Crippen LogP contribution in [-0.2, 0) is 17.7 Å². The molecule has 0 atom stereocenters. The number of methoxy groups -OCH3 is 1. The third-order valence-corrected chi connectivity index (χ3v) is 3.75. The van der Waals surface area contributed by atoms with Gasteiger partial charge < -0.3 is 25.4 Å². The van der Waals surface area contributed by atoms with Gasteiger partial charge in [-0.05, 0) is 12.8 Å². The van der Waals surface area contributed by atoms with Gasteiger partial charge in [0.2, 0.25) is 11.8 Å². The third kappa shape index (κ3) is 3.93. The monoisotopic (exact) mass is 320 g/mol. The fraction of sp³-hybridized carbons (Fsp3) is 0.571. The van der Waals surface area contributed by atoms with Gasteiger partial charge in [-0.3, -0.25) is 0 Å². The van der Waals surface area contributed by atoms with Crippen LogP contribution in [-0.4, -0.2) is 45.0 Å². The average molecular weight is 320 g/mol. The maximum atomic E-state index is 9.41. The highest BCUT2D eigenvalue weighted by atomic mass is 16.5. The first-order valence-electron chi connectivity index (χ1n) is 7.51. The Kier molecular flexibility index (Phi) is 4.68. The lowest BCUT2D eigenvalue weighted by Crippen LogP contribution is -2.27. The molecule has 4 N–H and O–H groups in total. The van der Waals surface area contributed by atoms with Crippen LogP contribution in [0.1, 0.15) is 36.2 Å². The number of aromatic nitrogens is 4. The van der Waals surface area contributed by atoms with Crippen LogP contribution in [0, 0.1) is 0 Å². The van der Waals surface area contributed by atoms with Crippen molar-refractivity contribution in [2.24, 2.45) is 0 Å². The first kappa shape index (κ1) is 15.6. The summed E-state index contributed by atoms with van der Waals surface area (Å²) in [6.45, 7) is 0.910. The minimum atomic E-state index is -0.238. The summed E-state index contributed by atoms with van der Waals surface area (Å²) in [5.74, 6) is 2.13. The van der Waals surface area contributed by atoms with Crippen molar-refractivity contribution in [1.82, 2.24) is 20.1 Å². The Morgan fingerprint density at radius 1 is 1.39 bits per heavy atom. The molecule has 9 heteroatoms. The van der Waals surface area contributed by atoms with E-state index in [9.17, 15) is 5.11 Å². The van der Waals surface area contributed by atoms with Crippen LogP contribution in [0.5, 0.6) is 0 Å². The number of ether oxygens (including phenoxy) is 1. The van der Waals surface area contributed by atoms with Gasteiger partial charge in [0.15, 0.2) is 5.82 Å². The lowest BCUT2D eigenvalue weighted by molar-refractivity contribution is 0.0732. The van der Waals surface area contributed by atoms with Gasteiger partial charge in [-0.2, -0.15) is 9.97 Å². The Morgan fingerprint density at radius 2 is 2.22 bits per heavy atom. The van der Waals surface area contributed by atoms with E-state index in [1.165, 1.54) is 0 Å². The number of aliphatic hydroxyl groups excluding tert-OH is 1. The Labute approximate surface area is 133 Å². The van der Waals surface area contributed by atoms with Crippen LogP contribution in [0.15, 0.2) is 10.6 Å². The van der Waals surface area contributed by atoms with Crippen LogP contribution in [0.3, 0.4) is 0 Å². The lowest BCUT2D eigenvalue weighted by Gasteiger charge is -2.30. The highest BCUT2D eigenvalue weighted by Gasteiger charge is 2.30. The second-order valence-corrected chi connectivity index (χ2v) is 5.56. The molecule has 0 saturated heterocycles. The molecule has 23 heavy (non-hydrogen) atoms. The molecule has 2 aromatic heterocycles. The summed E-state index contributed by atoms with van der Waals surface area (Å²) in [5, 5.41) is 16.4. The van der Waals surface area contributed by atoms with Crippen LogP contribution < -0.4 is 11.1 Å². The molecular formula is C14H20N6O3. The molecule has 3 rings (SSSR count). The van der Waals surface area contributed by atoms with Gasteiger partial charge in [-0.25, -0.2) is 4.98 Å². The maximum Gasteiger partial charge on any atom is 0.229 e. The SMILES string of the molecule is COCCc1nc(CNc2cc(C3CC(O)C3)nc(N)n2)no1. The number of hydrogen-bond donors (Lipinski definition) is 3. The lowest BCUT2D eigenvalue weighted by atomic mass is 9.80. The van der Waals surface area contributed by atoms with Crippen molar-refractivity contribution >= 4 is 11.8 Å². The first-order chi connectivity index (χ1) is 11.1. The van der Waals surface area contributed by atoms with Crippen LogP contribution in [0.2, 0.25) is 0 Å². The van der Waals surface area contributed by atoms with Crippen molar-refractivity contribution in [3.05, 3.63) is 23.5 Å².